The monoisotopic (exact) mass is 440 g/mol. The van der Waals surface area contributed by atoms with E-state index >= 15 is 0 Å². The summed E-state index contributed by atoms with van der Waals surface area (Å²) < 4.78 is 0.506. The number of pyridine rings is 1. The van der Waals surface area contributed by atoms with E-state index in [9.17, 15) is 0 Å². The van der Waals surface area contributed by atoms with Gasteiger partial charge in [0.05, 0.1) is 0 Å². The Morgan fingerprint density at radius 2 is 1.59 bits per heavy atom. The minimum atomic E-state index is -1.26. The summed E-state index contributed by atoms with van der Waals surface area (Å²) in [5.74, 6) is 0. The van der Waals surface area contributed by atoms with Gasteiger partial charge in [-0.2, -0.15) is 0 Å². The van der Waals surface area contributed by atoms with Crippen LogP contribution in [-0.2, 0) is 3.49 Å². The van der Waals surface area contributed by atoms with Crippen LogP contribution in [0.5, 0.6) is 0 Å². The molecule has 0 aromatic carbocycles. The second-order valence-corrected chi connectivity index (χ2v) is 24.7. The molecule has 0 amide bonds. The van der Waals surface area contributed by atoms with E-state index in [4.69, 9.17) is 4.98 Å². The van der Waals surface area contributed by atoms with Gasteiger partial charge in [-0.15, -0.1) is 0 Å². The number of nitrogens with zero attached hydrogens (tertiary/aromatic N) is 1. The van der Waals surface area contributed by atoms with Crippen LogP contribution in [0.3, 0.4) is 0 Å². The van der Waals surface area contributed by atoms with Crippen LogP contribution in [0.2, 0.25) is 39.3 Å². The first-order valence-corrected chi connectivity index (χ1v) is 20.9. The summed E-state index contributed by atoms with van der Waals surface area (Å²) in [6, 6.07) is 6.49. The molecule has 0 saturated heterocycles. The average Bonchev–Trinajstić information content (AvgIpc) is 2.16. The van der Waals surface area contributed by atoms with E-state index in [2.05, 4.69) is 70.8 Å². The van der Waals surface area contributed by atoms with Crippen LogP contribution in [0, 0.1) is 0 Å². The molecule has 0 aliphatic carbocycles. The van der Waals surface area contributed by atoms with Gasteiger partial charge in [-0.3, -0.25) is 0 Å². The molecule has 0 unspecified atom stereocenters. The molecule has 1 nitrogen and oxygen atoms in total. The maximum atomic E-state index is 4.76. The van der Waals surface area contributed by atoms with Gasteiger partial charge in [0.15, 0.2) is 0 Å². The first-order chi connectivity index (χ1) is 7.67. The van der Waals surface area contributed by atoms with Crippen molar-refractivity contribution in [3.63, 3.8) is 0 Å². The Morgan fingerprint density at radius 1 is 1.06 bits per heavy atom. The number of aromatic nitrogens is 1. The molecule has 93 valence electrons. The zero-order valence-corrected chi connectivity index (χ0v) is 18.1. The van der Waals surface area contributed by atoms with Crippen molar-refractivity contribution in [2.45, 2.75) is 42.8 Å². The Hall–Kier alpha value is 0.916. The minimum absolute atomic E-state index is 0.0210. The van der Waals surface area contributed by atoms with Gasteiger partial charge < -0.3 is 0 Å². The van der Waals surface area contributed by atoms with Crippen molar-refractivity contribution in [2.24, 2.45) is 0 Å². The van der Waals surface area contributed by atoms with Crippen LogP contribution in [0.4, 0.5) is 0 Å². The Bertz CT molecular complexity index is 381. The van der Waals surface area contributed by atoms with Gasteiger partial charge in [-0.1, -0.05) is 0 Å². The predicted octanol–water partition coefficient (Wildman–Crippen LogP) is 2.82. The number of rotatable bonds is 4. The van der Waals surface area contributed by atoms with Crippen molar-refractivity contribution in [3.05, 3.63) is 30.1 Å². The molecule has 1 radical (unpaired) electrons. The molecule has 5 heteroatoms. The van der Waals surface area contributed by atoms with E-state index in [0.29, 0.717) is 3.49 Å². The Kier molecular flexibility index (Phi) is 5.17. The first kappa shape index (κ1) is 16.0. The fourth-order valence-electron chi connectivity index (χ4n) is 2.84. The quantitative estimate of drug-likeness (QED) is 0.662. The van der Waals surface area contributed by atoms with Crippen molar-refractivity contribution in [1.82, 2.24) is 4.98 Å². The zero-order chi connectivity index (χ0) is 13.3. The van der Waals surface area contributed by atoms with Gasteiger partial charge in [-0.25, -0.2) is 0 Å². The average molecular weight is 437 g/mol. The summed E-state index contributed by atoms with van der Waals surface area (Å²) in [6.07, 6.45) is 1.98. The molecule has 0 bridgehead atoms. The number of hydrogen-bond acceptors (Lipinski definition) is 1. The molecule has 1 aromatic heterocycles. The van der Waals surface area contributed by atoms with Crippen LogP contribution in [0.15, 0.2) is 24.4 Å². The molecule has 1 heterocycles. The maximum absolute atomic E-state index is 4.76. The zero-order valence-electron chi connectivity index (χ0n) is 11.7. The van der Waals surface area contributed by atoms with Gasteiger partial charge in [0.1, 0.15) is 0 Å². The fourth-order valence-corrected chi connectivity index (χ4v) is 47.5. The van der Waals surface area contributed by atoms with Gasteiger partial charge in [0.25, 0.3) is 0 Å². The molecule has 0 fully saturated rings. The number of hydrogen-bond donors (Lipinski definition) is 0. The molecular formula is C12H22GeNSi2Te. The van der Waals surface area contributed by atoms with Gasteiger partial charge in [-0.05, 0) is 0 Å². The molecule has 0 N–H and O–H groups in total. The van der Waals surface area contributed by atoms with E-state index in [1.165, 1.54) is 5.69 Å². The predicted molar refractivity (Wildman–Crippen MR) is 84.1 cm³/mol. The summed E-state index contributed by atoms with van der Waals surface area (Å²) in [5, 5.41) is 0. The van der Waals surface area contributed by atoms with Crippen LogP contribution in [-0.4, -0.2) is 52.1 Å². The second kappa shape index (κ2) is 5.50. The topological polar surface area (TPSA) is 12.9 Å². The summed E-state index contributed by atoms with van der Waals surface area (Å²) in [5.41, 5.74) is 1.41. The van der Waals surface area contributed by atoms with Crippen molar-refractivity contribution in [3.8, 4) is 0 Å². The van der Waals surface area contributed by atoms with Crippen molar-refractivity contribution in [1.29, 1.82) is 0 Å². The molecule has 0 aliphatic heterocycles. The van der Waals surface area contributed by atoms with E-state index in [1.54, 1.807) is 0 Å². The molecule has 1 rings (SSSR count). The molecule has 1 aromatic rings. The van der Waals surface area contributed by atoms with E-state index in [1.807, 2.05) is 12.3 Å². The van der Waals surface area contributed by atoms with E-state index in [-0.39, 0.29) is 11.6 Å². The summed E-state index contributed by atoms with van der Waals surface area (Å²) in [7, 11) is -2.51. The van der Waals surface area contributed by atoms with Crippen molar-refractivity contribution in [2.75, 3.05) is 0 Å². The van der Waals surface area contributed by atoms with Gasteiger partial charge in [0.2, 0.25) is 0 Å². The third-order valence-electron chi connectivity index (χ3n) is 3.45. The van der Waals surface area contributed by atoms with Gasteiger partial charge >= 0.3 is 125 Å². The van der Waals surface area contributed by atoms with Gasteiger partial charge in [0, 0.05) is 0 Å². The molecule has 0 atom stereocenters. The molecule has 17 heavy (non-hydrogen) atoms. The molecule has 0 spiro atoms. The summed E-state index contributed by atoms with van der Waals surface area (Å²) >= 11 is 2.42. The Morgan fingerprint density at radius 3 is 1.88 bits per heavy atom. The summed E-state index contributed by atoms with van der Waals surface area (Å²) in [6.45, 7) is 15.2. The second-order valence-electron chi connectivity index (χ2n) is 6.57. The third-order valence-corrected chi connectivity index (χ3v) is 35.2. The van der Waals surface area contributed by atoms with Crippen molar-refractivity contribution < 1.29 is 0 Å². The van der Waals surface area contributed by atoms with E-state index in [0.717, 1.165) is 0 Å². The molecule has 0 saturated carbocycles. The fraction of sp³-hybridized carbons (Fsp3) is 0.583. The van der Waals surface area contributed by atoms with E-state index < -0.39 is 16.1 Å². The molecular weight excluding hydrogens is 415 g/mol. The normalized spacial score (nSPS) is 13.5. The molecule has 0 aliphatic rings. The Balaban J connectivity index is 3.55. The summed E-state index contributed by atoms with van der Waals surface area (Å²) in [4.78, 5) is 4.76. The standard InChI is InChI=1S/C12H22GeNSi2Te/c1-15(2,3)12(13-17,16(4,5)6)11-9-7-8-10-14-11/h7-10H,1-6H3. The Labute approximate surface area is 124 Å². The first-order valence-electron chi connectivity index (χ1n) is 5.97. The van der Waals surface area contributed by atoms with Crippen LogP contribution in [0.1, 0.15) is 5.69 Å². The third kappa shape index (κ3) is 2.92. The van der Waals surface area contributed by atoms with Crippen molar-refractivity contribution >= 4 is 47.1 Å². The van der Waals surface area contributed by atoms with Crippen LogP contribution in [0.25, 0.3) is 0 Å². The van der Waals surface area contributed by atoms with Crippen LogP contribution < -0.4 is 0 Å². The van der Waals surface area contributed by atoms with Crippen LogP contribution >= 0.6 is 0 Å². The SMILES string of the molecule is C[Si](C)(C)[C]([Ge]=[Te])(c1ccccn1)[Si](C)(C)C.